The van der Waals surface area contributed by atoms with E-state index in [0.717, 1.165) is 0 Å². The number of allylic oxidation sites excluding steroid dienone is 2. The first-order valence-corrected chi connectivity index (χ1v) is 12.2. The van der Waals surface area contributed by atoms with E-state index in [4.69, 9.17) is 31.9 Å². The molecule has 0 aromatic rings. The average Bonchev–Trinajstić information content (AvgIpc) is 2.94. The van der Waals surface area contributed by atoms with Gasteiger partial charge in [-0.1, -0.05) is 0 Å². The van der Waals surface area contributed by atoms with Gasteiger partial charge in [-0.3, -0.25) is 0 Å². The van der Waals surface area contributed by atoms with Gasteiger partial charge in [0.05, 0.1) is 52.4 Å². The molecular formula is C26H40N10. The maximum absolute atomic E-state index is 8.60. The van der Waals surface area contributed by atoms with Gasteiger partial charge in [0.1, 0.15) is 35.4 Å². The molecule has 0 spiro atoms. The largest absolute Gasteiger partial charge is 0.762 e. The van der Waals surface area contributed by atoms with Crippen molar-refractivity contribution < 1.29 is 8.97 Å². The first-order chi connectivity index (χ1) is 17.2. The Balaban J connectivity index is -0.000000507. The zero-order valence-corrected chi connectivity index (χ0v) is 23.1. The number of nitriles is 4. The van der Waals surface area contributed by atoms with Gasteiger partial charge in [0, 0.05) is 0 Å². The first kappa shape index (κ1) is 36.7. The number of hydrogen-bond acceptors (Lipinski definition) is 6. The number of hydrogen-bond donors (Lipinski definition) is 0. The summed E-state index contributed by atoms with van der Waals surface area (Å²) in [6.07, 6.45) is 0. The van der Waals surface area contributed by atoms with Crippen LogP contribution in [0.1, 0.15) is 55.4 Å². The number of rotatable bonds is 11. The van der Waals surface area contributed by atoms with E-state index in [1.54, 1.807) is 0 Å². The van der Waals surface area contributed by atoms with E-state index in [1.807, 2.05) is 0 Å². The number of nitrogens with zero attached hydrogens (tertiary/aromatic N) is 10. The molecule has 36 heavy (non-hydrogen) atoms. The van der Waals surface area contributed by atoms with E-state index in [-0.39, 0.29) is 0 Å². The molecule has 0 amide bonds. The van der Waals surface area contributed by atoms with Crippen molar-refractivity contribution in [1.82, 2.24) is 0 Å². The molecule has 10 heteroatoms. The van der Waals surface area contributed by atoms with Gasteiger partial charge < -0.3 is 19.8 Å². The summed E-state index contributed by atoms with van der Waals surface area (Å²) >= 11 is 0. The second kappa shape index (κ2) is 21.6. The van der Waals surface area contributed by atoms with E-state index in [1.165, 1.54) is 97.3 Å². The zero-order valence-electron chi connectivity index (χ0n) is 23.1. The van der Waals surface area contributed by atoms with Gasteiger partial charge in [0.25, 0.3) is 0 Å². The van der Waals surface area contributed by atoms with Crippen molar-refractivity contribution in [3.8, 4) is 24.3 Å². The minimum Gasteiger partial charge on any atom is -0.762 e. The van der Waals surface area contributed by atoms with E-state index < -0.39 is 22.6 Å². The van der Waals surface area contributed by atoms with Crippen LogP contribution in [0.2, 0.25) is 0 Å². The Labute approximate surface area is 217 Å². The summed E-state index contributed by atoms with van der Waals surface area (Å²) in [6, 6.07) is 5.70. The Morgan fingerprint density at radius 2 is 0.722 bits per heavy atom. The molecule has 0 aliphatic rings. The Morgan fingerprint density at radius 3 is 0.806 bits per heavy atom. The standard InChI is InChI=1S/C10N8.2C8H20N/c11-1-7(2-12)9(5-15)17-18-10(6-16)8(3-13)4-14;2*1-5-9(6-2,7-3)8-4/h;2*5-8H2,1-4H3/q-2;2*+1. The van der Waals surface area contributed by atoms with Crippen molar-refractivity contribution in [2.24, 2.45) is 10.2 Å². The summed E-state index contributed by atoms with van der Waals surface area (Å²) in [4.78, 5) is 0. The van der Waals surface area contributed by atoms with Crippen LogP contribution in [0.5, 0.6) is 0 Å². The lowest BCUT2D eigenvalue weighted by Crippen LogP contribution is -2.47. The summed E-state index contributed by atoms with van der Waals surface area (Å²) in [6.45, 7) is 28.4. The summed E-state index contributed by atoms with van der Waals surface area (Å²) in [7, 11) is 0. The van der Waals surface area contributed by atoms with Crippen LogP contribution in [-0.4, -0.2) is 84.5 Å². The van der Waals surface area contributed by atoms with Crippen LogP contribution in [-0.2, 0) is 0 Å². The van der Waals surface area contributed by atoms with E-state index in [2.05, 4.69) is 65.6 Å². The highest BCUT2D eigenvalue weighted by atomic mass is 15.3. The van der Waals surface area contributed by atoms with Crippen molar-refractivity contribution in [2.45, 2.75) is 55.4 Å². The molecule has 0 saturated carbocycles. The minimum absolute atomic E-state index is 0.589. The second-order valence-electron chi connectivity index (χ2n) is 7.53. The molecule has 0 N–H and O–H groups in total. The van der Waals surface area contributed by atoms with Crippen LogP contribution >= 0.6 is 0 Å². The van der Waals surface area contributed by atoms with Crippen LogP contribution in [0.25, 0.3) is 10.8 Å². The first-order valence-electron chi connectivity index (χ1n) is 12.2. The maximum atomic E-state index is 8.60. The quantitative estimate of drug-likeness (QED) is 0.184. The third-order valence-corrected chi connectivity index (χ3v) is 6.75. The third kappa shape index (κ3) is 12.5. The smallest absolute Gasteiger partial charge is 0.186 e. The van der Waals surface area contributed by atoms with E-state index in [0.29, 0.717) is 0 Å². The molecule has 0 aromatic carbocycles. The monoisotopic (exact) mass is 492 g/mol. The fraction of sp³-hybridized carbons (Fsp3) is 0.615. The highest BCUT2D eigenvalue weighted by Crippen LogP contribution is 2.04. The van der Waals surface area contributed by atoms with E-state index >= 15 is 0 Å². The van der Waals surface area contributed by atoms with Crippen LogP contribution in [0, 0.1) is 45.3 Å². The predicted molar refractivity (Wildman–Crippen MR) is 146 cm³/mol. The minimum atomic E-state index is -0.608. The Morgan fingerprint density at radius 1 is 0.500 bits per heavy atom. The molecule has 0 radical (unpaired) electrons. The maximum Gasteiger partial charge on any atom is 0.186 e. The predicted octanol–water partition coefficient (Wildman–Crippen LogP) is 3.97. The van der Waals surface area contributed by atoms with Gasteiger partial charge in [-0.2, -0.15) is 21.0 Å². The zero-order chi connectivity index (χ0) is 28.6. The fourth-order valence-electron chi connectivity index (χ4n) is 3.30. The van der Waals surface area contributed by atoms with Gasteiger partial charge in [-0.15, -0.1) is 10.2 Å². The average molecular weight is 493 g/mol. The van der Waals surface area contributed by atoms with Crippen LogP contribution in [0.3, 0.4) is 0 Å². The van der Waals surface area contributed by atoms with Crippen LogP contribution < -0.4 is 0 Å². The van der Waals surface area contributed by atoms with Gasteiger partial charge in [0.2, 0.25) is 0 Å². The molecule has 0 atom stereocenters. The van der Waals surface area contributed by atoms with Crippen LogP contribution in [0.4, 0.5) is 0 Å². The number of quaternary nitrogens is 2. The third-order valence-electron chi connectivity index (χ3n) is 6.75. The lowest BCUT2D eigenvalue weighted by molar-refractivity contribution is -0.921. The summed E-state index contributed by atoms with van der Waals surface area (Å²) in [5.41, 5.74) is -2.39. The molecule has 0 aromatic heterocycles. The highest BCUT2D eigenvalue weighted by Gasteiger charge is 2.17. The molecule has 0 aliphatic carbocycles. The van der Waals surface area contributed by atoms with Gasteiger partial charge >= 0.3 is 0 Å². The Bertz CT molecular complexity index is 870. The fourth-order valence-corrected chi connectivity index (χ4v) is 3.30. The summed E-state index contributed by atoms with van der Waals surface area (Å²) < 4.78 is 2.56. The molecule has 0 heterocycles. The van der Waals surface area contributed by atoms with Crippen molar-refractivity contribution in [1.29, 1.82) is 21.0 Å². The molecule has 194 valence electrons. The molecule has 0 saturated heterocycles. The van der Waals surface area contributed by atoms with Gasteiger partial charge in [-0.25, -0.2) is 11.7 Å². The SMILES string of the molecule is CC[N+](CC)(CC)CC.CC[N+](CC)(CC)CC.N#CC(=C=[N-])C(C#N)=NN=C(C#N)C(=C=[N-])C#N. The molecule has 0 bridgehead atoms. The molecule has 10 nitrogen and oxygen atoms in total. The second-order valence-corrected chi connectivity index (χ2v) is 7.53. The van der Waals surface area contributed by atoms with Gasteiger partial charge in [-0.05, 0) is 55.4 Å². The Hall–Kier alpha value is -3.88. The van der Waals surface area contributed by atoms with Crippen molar-refractivity contribution in [3.63, 3.8) is 0 Å². The molecule has 0 unspecified atom stereocenters. The molecular weight excluding hydrogens is 452 g/mol. The lowest BCUT2D eigenvalue weighted by Gasteiger charge is -2.34. The molecule has 0 aliphatic heterocycles. The normalized spacial score (nSPS) is 10.8. The van der Waals surface area contributed by atoms with E-state index in [9.17, 15) is 0 Å². The van der Waals surface area contributed by atoms with Crippen molar-refractivity contribution >= 4 is 23.2 Å². The van der Waals surface area contributed by atoms with Crippen molar-refractivity contribution in [2.75, 3.05) is 52.4 Å². The molecule has 0 fully saturated rings. The van der Waals surface area contributed by atoms with Crippen molar-refractivity contribution in [3.05, 3.63) is 22.0 Å². The summed E-state index contributed by atoms with van der Waals surface area (Å²) in [5, 5.41) is 57.5. The molecule has 0 rings (SSSR count). The Kier molecular flexibility index (Phi) is 22.1. The van der Waals surface area contributed by atoms with Crippen LogP contribution in [0.15, 0.2) is 21.3 Å². The van der Waals surface area contributed by atoms with Gasteiger partial charge in [0.15, 0.2) is 11.4 Å². The highest BCUT2D eigenvalue weighted by molar-refractivity contribution is 6.21. The topological polar surface area (TPSA) is 164 Å². The summed E-state index contributed by atoms with van der Waals surface area (Å²) in [5.74, 6) is 2.83. The lowest BCUT2D eigenvalue weighted by atomic mass is 10.2.